The third-order valence-corrected chi connectivity index (χ3v) is 5.56. The molecule has 0 radical (unpaired) electrons. The molecule has 0 aliphatic rings. The van der Waals surface area contributed by atoms with E-state index in [2.05, 4.69) is 71.0 Å². The maximum atomic E-state index is 6.57. The normalized spacial score (nSPS) is 14.3. The zero-order chi connectivity index (χ0) is 15.0. The van der Waals surface area contributed by atoms with Crippen LogP contribution in [0.4, 0.5) is 0 Å². The minimum Gasteiger partial charge on any atom is -0.323 e. The van der Waals surface area contributed by atoms with Crippen LogP contribution in [-0.4, -0.2) is 0 Å². The van der Waals surface area contributed by atoms with Crippen LogP contribution >= 0.6 is 11.3 Å². The average Bonchev–Trinajstić information content (AvgIpc) is 2.88. The van der Waals surface area contributed by atoms with Gasteiger partial charge in [-0.1, -0.05) is 65.0 Å². The summed E-state index contributed by atoms with van der Waals surface area (Å²) in [7, 11) is 0. The van der Waals surface area contributed by atoms with Crippen molar-refractivity contribution in [3.63, 3.8) is 0 Å². The number of nitrogens with two attached hydrogens (primary N) is 1. The smallest absolute Gasteiger partial charge is 0.0482 e. The van der Waals surface area contributed by atoms with Gasteiger partial charge >= 0.3 is 0 Å². The maximum absolute atomic E-state index is 6.57. The Morgan fingerprint density at radius 1 is 0.900 bits per heavy atom. The second kappa shape index (κ2) is 5.34. The Hall–Kier alpha value is -1.12. The summed E-state index contributed by atoms with van der Waals surface area (Å²) < 4.78 is 0. The van der Waals surface area contributed by atoms with Crippen LogP contribution in [0.25, 0.3) is 0 Å². The Kier molecular flexibility index (Phi) is 4.08. The number of benzene rings is 1. The van der Waals surface area contributed by atoms with Gasteiger partial charge in [-0.15, -0.1) is 11.3 Å². The third-order valence-electron chi connectivity index (χ3n) is 3.97. The monoisotopic (exact) mass is 287 g/mol. The first-order chi connectivity index (χ1) is 9.23. The first kappa shape index (κ1) is 15.3. The molecule has 0 amide bonds. The van der Waals surface area contributed by atoms with E-state index >= 15 is 0 Å². The van der Waals surface area contributed by atoms with E-state index in [0.29, 0.717) is 0 Å². The quantitative estimate of drug-likeness (QED) is 0.842. The lowest BCUT2D eigenvalue weighted by molar-refractivity contribution is 0.426. The summed E-state index contributed by atoms with van der Waals surface area (Å²) in [5, 5.41) is 0. The van der Waals surface area contributed by atoms with Gasteiger partial charge in [-0.3, -0.25) is 0 Å². The highest BCUT2D eigenvalue weighted by atomic mass is 32.1. The van der Waals surface area contributed by atoms with E-state index in [0.717, 1.165) is 0 Å². The number of hydrogen-bond donors (Lipinski definition) is 1. The molecular formula is C18H25NS. The molecule has 0 bridgehead atoms. The molecule has 108 valence electrons. The highest BCUT2D eigenvalue weighted by Gasteiger charge is 2.31. The van der Waals surface area contributed by atoms with Crippen molar-refractivity contribution in [2.75, 3.05) is 0 Å². The lowest BCUT2D eigenvalue weighted by Crippen LogP contribution is -2.32. The second-order valence-electron chi connectivity index (χ2n) is 7.02. The number of thiophene rings is 1. The predicted molar refractivity (Wildman–Crippen MR) is 89.4 cm³/mol. The summed E-state index contributed by atoms with van der Waals surface area (Å²) >= 11 is 1.84. The van der Waals surface area contributed by atoms with Gasteiger partial charge in [0.25, 0.3) is 0 Å². The molecule has 1 aromatic heterocycles. The summed E-state index contributed by atoms with van der Waals surface area (Å²) in [4.78, 5) is 2.66. The van der Waals surface area contributed by atoms with Crippen molar-refractivity contribution in [3.05, 3.63) is 57.8 Å². The first-order valence-corrected chi connectivity index (χ1v) is 7.96. The van der Waals surface area contributed by atoms with Gasteiger partial charge in [0.05, 0.1) is 0 Å². The average molecular weight is 287 g/mol. The maximum Gasteiger partial charge on any atom is 0.0482 e. The highest BCUT2D eigenvalue weighted by Crippen LogP contribution is 2.39. The largest absolute Gasteiger partial charge is 0.323 e. The van der Waals surface area contributed by atoms with Crippen molar-refractivity contribution in [2.24, 2.45) is 5.73 Å². The molecule has 0 saturated heterocycles. The van der Waals surface area contributed by atoms with Crippen molar-refractivity contribution in [3.8, 4) is 0 Å². The molecule has 0 aliphatic heterocycles. The highest BCUT2D eigenvalue weighted by molar-refractivity contribution is 7.12. The second-order valence-corrected chi connectivity index (χ2v) is 8.13. The van der Waals surface area contributed by atoms with Crippen LogP contribution in [0, 0.1) is 0 Å². The number of rotatable bonds is 3. The van der Waals surface area contributed by atoms with Crippen molar-refractivity contribution in [1.29, 1.82) is 0 Å². The van der Waals surface area contributed by atoms with Crippen molar-refractivity contribution in [1.82, 2.24) is 0 Å². The molecule has 1 nitrogen and oxygen atoms in total. The van der Waals surface area contributed by atoms with E-state index in [1.54, 1.807) is 0 Å². The standard InChI is InChI=1S/C18H25NS/c1-17(2,3)15-12-11-14(20-15)16(19)18(4,5)13-9-7-6-8-10-13/h6-12,16H,19H2,1-5H3. The fourth-order valence-electron chi connectivity index (χ4n) is 2.33. The first-order valence-electron chi connectivity index (χ1n) is 7.14. The molecule has 1 aromatic carbocycles. The molecule has 2 aromatic rings. The zero-order valence-electron chi connectivity index (χ0n) is 13.1. The Bertz CT molecular complexity index is 561. The molecule has 1 heterocycles. The van der Waals surface area contributed by atoms with Crippen molar-refractivity contribution >= 4 is 11.3 Å². The Morgan fingerprint density at radius 2 is 1.50 bits per heavy atom. The van der Waals surface area contributed by atoms with Crippen molar-refractivity contribution < 1.29 is 0 Å². The molecule has 2 N–H and O–H groups in total. The van der Waals surface area contributed by atoms with E-state index in [9.17, 15) is 0 Å². The third kappa shape index (κ3) is 2.97. The number of hydrogen-bond acceptors (Lipinski definition) is 2. The van der Waals surface area contributed by atoms with Crippen LogP contribution in [0.3, 0.4) is 0 Å². The van der Waals surface area contributed by atoms with Crippen LogP contribution in [0.1, 0.15) is 56.0 Å². The summed E-state index contributed by atoms with van der Waals surface area (Å²) in [6, 6.07) is 15.0. The van der Waals surface area contributed by atoms with Crippen LogP contribution in [0.5, 0.6) is 0 Å². The molecule has 1 atom stereocenters. The molecule has 0 saturated carbocycles. The predicted octanol–water partition coefficient (Wildman–Crippen LogP) is 5.02. The molecule has 0 fully saturated rings. The Morgan fingerprint density at radius 3 is 2.00 bits per heavy atom. The molecule has 20 heavy (non-hydrogen) atoms. The topological polar surface area (TPSA) is 26.0 Å². The Balaban J connectivity index is 2.31. The fourth-order valence-corrected chi connectivity index (χ4v) is 3.58. The van der Waals surface area contributed by atoms with Gasteiger partial charge < -0.3 is 5.73 Å². The SMILES string of the molecule is CC(C)(C)c1ccc(C(N)C(C)(C)c2ccccc2)s1. The van der Waals surface area contributed by atoms with Gasteiger partial charge in [-0.05, 0) is 23.1 Å². The Labute approximate surface area is 126 Å². The van der Waals surface area contributed by atoms with Crippen molar-refractivity contribution in [2.45, 2.75) is 51.5 Å². The van der Waals surface area contributed by atoms with Gasteiger partial charge in [0.1, 0.15) is 0 Å². The molecule has 1 unspecified atom stereocenters. The molecule has 2 heteroatoms. The summed E-state index contributed by atoms with van der Waals surface area (Å²) in [6.45, 7) is 11.2. The van der Waals surface area contributed by atoms with Crippen LogP contribution in [0.2, 0.25) is 0 Å². The fraction of sp³-hybridized carbons (Fsp3) is 0.444. The minimum atomic E-state index is -0.0682. The van der Waals surface area contributed by atoms with Crippen LogP contribution in [-0.2, 0) is 10.8 Å². The summed E-state index contributed by atoms with van der Waals surface area (Å²) in [6.07, 6.45) is 0. The van der Waals surface area contributed by atoms with E-state index < -0.39 is 0 Å². The van der Waals surface area contributed by atoms with Gasteiger partial charge in [-0.25, -0.2) is 0 Å². The van der Waals surface area contributed by atoms with Crippen LogP contribution in [0.15, 0.2) is 42.5 Å². The molecule has 2 rings (SSSR count). The van der Waals surface area contributed by atoms with E-state index in [1.165, 1.54) is 15.3 Å². The minimum absolute atomic E-state index is 0.0194. The van der Waals surface area contributed by atoms with Gasteiger partial charge in [0.2, 0.25) is 0 Å². The van der Waals surface area contributed by atoms with Crippen LogP contribution < -0.4 is 5.73 Å². The molecular weight excluding hydrogens is 262 g/mol. The lowest BCUT2D eigenvalue weighted by Gasteiger charge is -2.31. The summed E-state index contributed by atoms with van der Waals surface area (Å²) in [5.41, 5.74) is 7.99. The van der Waals surface area contributed by atoms with Gasteiger partial charge in [-0.2, -0.15) is 0 Å². The van der Waals surface area contributed by atoms with E-state index in [4.69, 9.17) is 5.73 Å². The molecule has 0 aliphatic carbocycles. The van der Waals surface area contributed by atoms with E-state index in [1.807, 2.05) is 17.4 Å². The van der Waals surface area contributed by atoms with Gasteiger partial charge in [0, 0.05) is 21.2 Å². The van der Waals surface area contributed by atoms with Gasteiger partial charge in [0.15, 0.2) is 0 Å². The summed E-state index contributed by atoms with van der Waals surface area (Å²) in [5.74, 6) is 0. The zero-order valence-corrected chi connectivity index (χ0v) is 13.9. The lowest BCUT2D eigenvalue weighted by atomic mass is 9.77. The molecule has 0 spiro atoms. The van der Waals surface area contributed by atoms with E-state index in [-0.39, 0.29) is 16.9 Å².